The number of carbonyl (C=O) groups is 1. The molecule has 0 N–H and O–H groups in total. The molecule has 0 amide bonds. The van der Waals surface area contributed by atoms with Crippen molar-refractivity contribution in [2.45, 2.75) is 91.0 Å². The van der Waals surface area contributed by atoms with E-state index in [2.05, 4.69) is 35.3 Å². The SMILES string of the molecule is CC(C)(C)C(=O)Cn1c(C(C)(C)C)cnc1C1=NN(c2cnccn2)C2C3CCC(CC12)O3. The van der Waals surface area contributed by atoms with Gasteiger partial charge in [0.05, 0.1) is 31.0 Å². The van der Waals surface area contributed by atoms with Gasteiger partial charge in [-0.25, -0.2) is 15.0 Å². The first kappa shape index (κ1) is 22.2. The number of ether oxygens (including phenoxy) is 1. The average Bonchev–Trinajstić information content (AvgIpc) is 3.43. The minimum Gasteiger partial charge on any atom is -0.373 e. The fraction of sp³-hybridized carbons (Fsp3) is 0.640. The maximum atomic E-state index is 13.1. The van der Waals surface area contributed by atoms with Crippen LogP contribution in [-0.2, 0) is 21.5 Å². The first-order chi connectivity index (χ1) is 15.5. The van der Waals surface area contributed by atoms with Gasteiger partial charge in [0, 0.05) is 41.0 Å². The summed E-state index contributed by atoms with van der Waals surface area (Å²) in [5.41, 5.74) is 1.40. The lowest BCUT2D eigenvalue weighted by molar-refractivity contribution is -0.126. The third-order valence-electron chi connectivity index (χ3n) is 7.08. The number of imidazole rings is 1. The zero-order valence-electron chi connectivity index (χ0n) is 20.4. The Morgan fingerprint density at radius 2 is 1.88 bits per heavy atom. The van der Waals surface area contributed by atoms with Crippen LogP contribution < -0.4 is 5.01 Å². The lowest BCUT2D eigenvalue weighted by Gasteiger charge is -2.36. The van der Waals surface area contributed by atoms with Crippen LogP contribution >= 0.6 is 0 Å². The number of aromatic nitrogens is 4. The molecule has 5 heterocycles. The fourth-order valence-corrected chi connectivity index (χ4v) is 5.24. The second kappa shape index (κ2) is 7.72. The van der Waals surface area contributed by atoms with Crippen LogP contribution in [0.15, 0.2) is 29.9 Å². The van der Waals surface area contributed by atoms with E-state index in [0.29, 0.717) is 0 Å². The molecule has 0 aliphatic carbocycles. The highest BCUT2D eigenvalue weighted by molar-refractivity contribution is 6.03. The Balaban J connectivity index is 1.62. The van der Waals surface area contributed by atoms with Crippen LogP contribution in [0.5, 0.6) is 0 Å². The largest absolute Gasteiger partial charge is 0.373 e. The van der Waals surface area contributed by atoms with E-state index in [9.17, 15) is 4.79 Å². The molecular formula is C25H34N6O2. The standard InChI is InChI=1S/C25H34N6O2/c1-24(2,3)18-12-28-23(30(18)14-19(32)25(4,5)6)21-16-11-15-7-8-17(33-15)22(16)31(29-21)20-13-26-9-10-27-20/h9-10,12-13,15-17,22H,7-8,11,14H2,1-6H3. The summed E-state index contributed by atoms with van der Waals surface area (Å²) in [6.07, 6.45) is 10.4. The van der Waals surface area contributed by atoms with Crippen LogP contribution in [0.2, 0.25) is 0 Å². The first-order valence-electron chi connectivity index (χ1n) is 11.9. The quantitative estimate of drug-likeness (QED) is 0.705. The smallest absolute Gasteiger partial charge is 0.167 e. The Labute approximate surface area is 195 Å². The molecule has 2 aromatic heterocycles. The number of hydrogen-bond acceptors (Lipinski definition) is 7. The zero-order valence-corrected chi connectivity index (χ0v) is 20.4. The molecule has 4 atom stereocenters. The number of hydrogen-bond donors (Lipinski definition) is 0. The maximum absolute atomic E-state index is 13.1. The number of carbonyl (C=O) groups excluding carboxylic acids is 1. The van der Waals surface area contributed by atoms with Gasteiger partial charge >= 0.3 is 0 Å². The maximum Gasteiger partial charge on any atom is 0.167 e. The molecule has 0 aromatic carbocycles. The third-order valence-corrected chi connectivity index (χ3v) is 7.08. The molecule has 8 heteroatoms. The number of anilines is 1. The van der Waals surface area contributed by atoms with Crippen LogP contribution in [-0.4, -0.2) is 49.3 Å². The summed E-state index contributed by atoms with van der Waals surface area (Å²) in [6.45, 7) is 12.7. The summed E-state index contributed by atoms with van der Waals surface area (Å²) in [7, 11) is 0. The molecule has 2 aromatic rings. The Bertz CT molecular complexity index is 1080. The summed E-state index contributed by atoms with van der Waals surface area (Å²) in [4.78, 5) is 26.8. The highest BCUT2D eigenvalue weighted by Gasteiger charge is 2.52. The lowest BCUT2D eigenvalue weighted by Crippen LogP contribution is -2.48. The summed E-state index contributed by atoms with van der Waals surface area (Å²) >= 11 is 0. The molecule has 4 unspecified atom stereocenters. The van der Waals surface area contributed by atoms with Crippen molar-refractivity contribution in [2.75, 3.05) is 5.01 Å². The minimum absolute atomic E-state index is 0.0667. The van der Waals surface area contributed by atoms with Gasteiger partial charge in [-0.15, -0.1) is 0 Å². The van der Waals surface area contributed by atoms with Crippen molar-refractivity contribution in [1.82, 2.24) is 19.5 Å². The van der Waals surface area contributed by atoms with Crippen molar-refractivity contribution in [2.24, 2.45) is 16.4 Å². The Hall–Kier alpha value is -2.61. The molecule has 3 aliphatic heterocycles. The van der Waals surface area contributed by atoms with E-state index >= 15 is 0 Å². The molecule has 0 spiro atoms. The highest BCUT2D eigenvalue weighted by atomic mass is 16.5. The molecule has 2 fully saturated rings. The molecular weight excluding hydrogens is 416 g/mol. The van der Waals surface area contributed by atoms with E-state index in [4.69, 9.17) is 14.8 Å². The summed E-state index contributed by atoms with van der Waals surface area (Å²) in [5, 5.41) is 7.08. The van der Waals surface area contributed by atoms with E-state index in [1.807, 2.05) is 32.0 Å². The number of ketones is 1. The normalized spacial score (nSPS) is 27.0. The molecule has 2 bridgehead atoms. The summed E-state index contributed by atoms with van der Waals surface area (Å²) in [5.74, 6) is 1.87. The third kappa shape index (κ3) is 3.88. The number of Topliss-reactive ketones (excluding diaryl/α,β-unsaturated/α-hetero) is 1. The second-order valence-corrected chi connectivity index (χ2v) is 11.6. The molecule has 176 valence electrons. The van der Waals surface area contributed by atoms with Gasteiger partial charge in [-0.2, -0.15) is 5.10 Å². The molecule has 33 heavy (non-hydrogen) atoms. The van der Waals surface area contributed by atoms with Gasteiger partial charge < -0.3 is 9.30 Å². The monoisotopic (exact) mass is 450 g/mol. The van der Waals surface area contributed by atoms with Gasteiger partial charge in [-0.05, 0) is 19.3 Å². The summed E-state index contributed by atoms with van der Waals surface area (Å²) < 4.78 is 8.40. The van der Waals surface area contributed by atoms with Crippen molar-refractivity contribution >= 4 is 17.3 Å². The van der Waals surface area contributed by atoms with Gasteiger partial charge in [0.25, 0.3) is 0 Å². The van der Waals surface area contributed by atoms with Crippen LogP contribution in [0, 0.1) is 11.3 Å². The number of fused-ring (bicyclic) bond motifs is 4. The van der Waals surface area contributed by atoms with E-state index in [0.717, 1.165) is 42.3 Å². The lowest BCUT2D eigenvalue weighted by atomic mass is 9.86. The van der Waals surface area contributed by atoms with E-state index in [-0.39, 0.29) is 41.9 Å². The minimum atomic E-state index is -0.430. The molecule has 0 radical (unpaired) electrons. The average molecular weight is 451 g/mol. The van der Waals surface area contributed by atoms with Crippen molar-refractivity contribution < 1.29 is 9.53 Å². The molecule has 3 aliphatic rings. The Morgan fingerprint density at radius 1 is 1.09 bits per heavy atom. The molecule has 8 nitrogen and oxygen atoms in total. The number of rotatable bonds is 4. The predicted octanol–water partition coefficient (Wildman–Crippen LogP) is 3.75. The second-order valence-electron chi connectivity index (χ2n) is 11.6. The van der Waals surface area contributed by atoms with Gasteiger partial charge in [0.15, 0.2) is 17.4 Å². The molecule has 0 saturated carbocycles. The topological polar surface area (TPSA) is 85.5 Å². The highest BCUT2D eigenvalue weighted by Crippen LogP contribution is 2.45. The Morgan fingerprint density at radius 3 is 2.55 bits per heavy atom. The molecule has 2 saturated heterocycles. The molecule has 5 rings (SSSR count). The van der Waals surface area contributed by atoms with Crippen molar-refractivity contribution in [3.8, 4) is 0 Å². The van der Waals surface area contributed by atoms with Crippen molar-refractivity contribution in [3.05, 3.63) is 36.3 Å². The van der Waals surface area contributed by atoms with Crippen LogP contribution in [0.1, 0.15) is 72.3 Å². The van der Waals surface area contributed by atoms with E-state index in [1.165, 1.54) is 0 Å². The fourth-order valence-electron chi connectivity index (χ4n) is 5.24. The van der Waals surface area contributed by atoms with E-state index in [1.54, 1.807) is 18.6 Å². The van der Waals surface area contributed by atoms with Gasteiger partial charge in [0.2, 0.25) is 0 Å². The predicted molar refractivity (Wildman–Crippen MR) is 126 cm³/mol. The number of hydrazone groups is 1. The van der Waals surface area contributed by atoms with Crippen molar-refractivity contribution in [3.63, 3.8) is 0 Å². The Kier molecular flexibility index (Phi) is 5.19. The van der Waals surface area contributed by atoms with Crippen LogP contribution in [0.3, 0.4) is 0 Å². The summed E-state index contributed by atoms with van der Waals surface area (Å²) in [6, 6.07) is 0.0667. The van der Waals surface area contributed by atoms with Crippen LogP contribution in [0.4, 0.5) is 5.82 Å². The zero-order chi connectivity index (χ0) is 23.5. The number of nitrogens with zero attached hydrogens (tertiary/aromatic N) is 6. The van der Waals surface area contributed by atoms with Gasteiger partial charge in [0.1, 0.15) is 5.71 Å². The van der Waals surface area contributed by atoms with Crippen molar-refractivity contribution in [1.29, 1.82) is 0 Å². The van der Waals surface area contributed by atoms with Gasteiger partial charge in [-0.3, -0.25) is 9.78 Å². The van der Waals surface area contributed by atoms with Gasteiger partial charge in [-0.1, -0.05) is 41.5 Å². The first-order valence-corrected chi connectivity index (χ1v) is 11.9. The van der Waals surface area contributed by atoms with Crippen LogP contribution in [0.25, 0.3) is 0 Å². The van der Waals surface area contributed by atoms with E-state index < -0.39 is 5.41 Å².